The van der Waals surface area contributed by atoms with Crippen molar-refractivity contribution in [2.24, 2.45) is 5.92 Å². The number of hydrogen-bond acceptors (Lipinski definition) is 5. The molecule has 19 heavy (non-hydrogen) atoms. The number of aromatic amines is 1. The molecule has 2 aromatic heterocycles. The minimum Gasteiger partial charge on any atom is -0.396 e. The molecule has 3 N–H and O–H groups in total. The molecule has 2 unspecified atom stereocenters. The second-order valence-corrected chi connectivity index (χ2v) is 5.00. The third kappa shape index (κ3) is 1.97. The van der Waals surface area contributed by atoms with Gasteiger partial charge in [0.2, 0.25) is 0 Å². The maximum absolute atomic E-state index is 9.92. The molecular formula is C13H18N4O2. The summed E-state index contributed by atoms with van der Waals surface area (Å²) < 4.78 is 0. The first-order valence-electron chi connectivity index (χ1n) is 6.59. The van der Waals surface area contributed by atoms with Gasteiger partial charge in [0.15, 0.2) is 0 Å². The van der Waals surface area contributed by atoms with E-state index in [1.807, 2.05) is 11.1 Å². The molecule has 2 atom stereocenters. The van der Waals surface area contributed by atoms with Gasteiger partial charge in [-0.15, -0.1) is 0 Å². The van der Waals surface area contributed by atoms with E-state index in [0.29, 0.717) is 13.1 Å². The Kier molecular flexibility index (Phi) is 3.12. The highest BCUT2D eigenvalue weighted by Crippen LogP contribution is 2.30. The topological polar surface area (TPSA) is 85.3 Å². The van der Waals surface area contributed by atoms with E-state index >= 15 is 0 Å². The summed E-state index contributed by atoms with van der Waals surface area (Å²) in [6.07, 6.45) is 3.89. The van der Waals surface area contributed by atoms with Crippen LogP contribution in [0, 0.1) is 5.92 Å². The summed E-state index contributed by atoms with van der Waals surface area (Å²) in [5.74, 6) is 0.743. The Bertz CT molecular complexity index is 583. The predicted molar refractivity (Wildman–Crippen MR) is 72.1 cm³/mol. The Morgan fingerprint density at radius 1 is 1.42 bits per heavy atom. The van der Waals surface area contributed by atoms with Crippen LogP contribution in [-0.4, -0.2) is 51.0 Å². The third-order valence-electron chi connectivity index (χ3n) is 3.85. The number of nitrogens with one attached hydrogen (secondary N) is 1. The Labute approximate surface area is 111 Å². The van der Waals surface area contributed by atoms with E-state index in [4.69, 9.17) is 0 Å². The molecule has 3 rings (SSSR count). The molecule has 0 bridgehead atoms. The SMILES string of the molecule is CCc1c[nH]c2ncnc(N3CC(O)C(CO)C3)c12. The van der Waals surface area contributed by atoms with Crippen molar-refractivity contribution in [1.82, 2.24) is 15.0 Å². The van der Waals surface area contributed by atoms with E-state index in [9.17, 15) is 10.2 Å². The number of aliphatic hydroxyl groups is 2. The van der Waals surface area contributed by atoms with Gasteiger partial charge in [0.05, 0.1) is 18.1 Å². The maximum Gasteiger partial charge on any atom is 0.143 e. The van der Waals surface area contributed by atoms with Gasteiger partial charge in [-0.3, -0.25) is 0 Å². The van der Waals surface area contributed by atoms with Crippen LogP contribution in [0.2, 0.25) is 0 Å². The van der Waals surface area contributed by atoms with Crippen LogP contribution in [0.25, 0.3) is 11.0 Å². The van der Waals surface area contributed by atoms with Crippen LogP contribution >= 0.6 is 0 Å². The average Bonchev–Trinajstić information content (AvgIpc) is 3.01. The van der Waals surface area contributed by atoms with Crippen molar-refractivity contribution in [3.8, 4) is 0 Å². The number of rotatable bonds is 3. The summed E-state index contributed by atoms with van der Waals surface area (Å²) in [5, 5.41) is 20.2. The van der Waals surface area contributed by atoms with Crippen molar-refractivity contribution >= 4 is 16.9 Å². The molecule has 6 nitrogen and oxygen atoms in total. The van der Waals surface area contributed by atoms with Gasteiger partial charge in [-0.25, -0.2) is 9.97 Å². The van der Waals surface area contributed by atoms with Crippen LogP contribution in [0.15, 0.2) is 12.5 Å². The van der Waals surface area contributed by atoms with Gasteiger partial charge >= 0.3 is 0 Å². The van der Waals surface area contributed by atoms with Crippen LogP contribution in [0.5, 0.6) is 0 Å². The molecule has 3 heterocycles. The summed E-state index contributed by atoms with van der Waals surface area (Å²) in [5.41, 5.74) is 2.00. The van der Waals surface area contributed by atoms with E-state index < -0.39 is 6.10 Å². The molecule has 0 saturated carbocycles. The van der Waals surface area contributed by atoms with Gasteiger partial charge in [-0.2, -0.15) is 0 Å². The van der Waals surface area contributed by atoms with Gasteiger partial charge in [-0.1, -0.05) is 6.92 Å². The minimum absolute atomic E-state index is 0.000332. The Morgan fingerprint density at radius 2 is 2.26 bits per heavy atom. The molecule has 0 aromatic carbocycles. The molecular weight excluding hydrogens is 244 g/mol. The fourth-order valence-electron chi connectivity index (χ4n) is 2.73. The van der Waals surface area contributed by atoms with Gasteiger partial charge < -0.3 is 20.1 Å². The van der Waals surface area contributed by atoms with Gasteiger partial charge in [-0.05, 0) is 12.0 Å². The molecule has 0 radical (unpaired) electrons. The maximum atomic E-state index is 9.92. The Hall–Kier alpha value is -1.66. The zero-order valence-electron chi connectivity index (χ0n) is 10.9. The smallest absolute Gasteiger partial charge is 0.143 e. The zero-order chi connectivity index (χ0) is 13.4. The van der Waals surface area contributed by atoms with Crippen molar-refractivity contribution in [3.63, 3.8) is 0 Å². The van der Waals surface area contributed by atoms with Crippen molar-refractivity contribution in [2.75, 3.05) is 24.6 Å². The lowest BCUT2D eigenvalue weighted by Crippen LogP contribution is -2.22. The first-order valence-corrected chi connectivity index (χ1v) is 6.59. The van der Waals surface area contributed by atoms with E-state index in [1.165, 1.54) is 11.9 Å². The van der Waals surface area contributed by atoms with Crippen molar-refractivity contribution < 1.29 is 10.2 Å². The van der Waals surface area contributed by atoms with E-state index in [2.05, 4.69) is 21.9 Å². The zero-order valence-corrected chi connectivity index (χ0v) is 10.9. The van der Waals surface area contributed by atoms with Crippen LogP contribution in [-0.2, 0) is 6.42 Å². The van der Waals surface area contributed by atoms with Gasteiger partial charge in [0, 0.05) is 25.2 Å². The summed E-state index contributed by atoms with van der Waals surface area (Å²) in [6, 6.07) is 0. The Balaban J connectivity index is 2.03. The standard InChI is InChI=1S/C13H18N4O2/c1-2-8-3-14-12-11(8)13(16-7-15-12)17-4-9(6-18)10(19)5-17/h3,7,9-10,18-19H,2,4-6H2,1H3,(H,14,15,16). The number of aromatic nitrogens is 3. The van der Waals surface area contributed by atoms with Gasteiger partial charge in [0.1, 0.15) is 17.8 Å². The van der Waals surface area contributed by atoms with E-state index in [1.54, 1.807) is 0 Å². The van der Waals surface area contributed by atoms with Crippen LogP contribution in [0.4, 0.5) is 5.82 Å². The highest BCUT2D eigenvalue weighted by Gasteiger charge is 2.32. The first kappa shape index (κ1) is 12.4. The second-order valence-electron chi connectivity index (χ2n) is 5.00. The largest absolute Gasteiger partial charge is 0.396 e. The van der Waals surface area contributed by atoms with Crippen molar-refractivity contribution in [2.45, 2.75) is 19.4 Å². The molecule has 0 amide bonds. The minimum atomic E-state index is -0.501. The summed E-state index contributed by atoms with van der Waals surface area (Å²) in [6.45, 7) is 3.22. The molecule has 6 heteroatoms. The van der Waals surface area contributed by atoms with Crippen molar-refractivity contribution in [1.29, 1.82) is 0 Å². The highest BCUT2D eigenvalue weighted by molar-refractivity contribution is 5.90. The number of nitrogens with zero attached hydrogens (tertiary/aromatic N) is 3. The fourth-order valence-corrected chi connectivity index (χ4v) is 2.73. The molecule has 1 saturated heterocycles. The molecule has 0 aliphatic carbocycles. The number of aliphatic hydroxyl groups excluding tert-OH is 2. The quantitative estimate of drug-likeness (QED) is 0.741. The number of β-amino-alcohol motifs (C(OH)–C–C–N with tert-alkyl or cyclic N) is 1. The summed E-state index contributed by atoms with van der Waals surface area (Å²) >= 11 is 0. The molecule has 0 spiro atoms. The monoisotopic (exact) mass is 262 g/mol. The highest BCUT2D eigenvalue weighted by atomic mass is 16.3. The number of anilines is 1. The van der Waals surface area contributed by atoms with Crippen LogP contribution < -0.4 is 4.90 Å². The average molecular weight is 262 g/mol. The number of fused-ring (bicyclic) bond motifs is 1. The lowest BCUT2D eigenvalue weighted by molar-refractivity contribution is 0.104. The molecule has 1 fully saturated rings. The number of hydrogen-bond donors (Lipinski definition) is 3. The van der Waals surface area contributed by atoms with Gasteiger partial charge in [0.25, 0.3) is 0 Å². The molecule has 1 aliphatic rings. The first-order chi connectivity index (χ1) is 9.24. The third-order valence-corrected chi connectivity index (χ3v) is 3.85. The van der Waals surface area contributed by atoms with E-state index in [0.717, 1.165) is 23.3 Å². The second kappa shape index (κ2) is 4.79. The Morgan fingerprint density at radius 3 is 2.95 bits per heavy atom. The number of aryl methyl sites for hydroxylation is 1. The fraction of sp³-hybridized carbons (Fsp3) is 0.538. The normalized spacial score (nSPS) is 23.4. The summed E-state index contributed by atoms with van der Waals surface area (Å²) in [4.78, 5) is 13.8. The lowest BCUT2D eigenvalue weighted by Gasteiger charge is -2.18. The molecule has 1 aliphatic heterocycles. The van der Waals surface area contributed by atoms with Crippen LogP contribution in [0.1, 0.15) is 12.5 Å². The number of H-pyrrole nitrogens is 1. The molecule has 2 aromatic rings. The van der Waals surface area contributed by atoms with Crippen LogP contribution in [0.3, 0.4) is 0 Å². The summed E-state index contributed by atoms with van der Waals surface area (Å²) in [7, 11) is 0. The lowest BCUT2D eigenvalue weighted by atomic mass is 10.1. The predicted octanol–water partition coefficient (Wildman–Crippen LogP) is 0.310. The van der Waals surface area contributed by atoms with E-state index in [-0.39, 0.29) is 12.5 Å². The van der Waals surface area contributed by atoms with Crippen molar-refractivity contribution in [3.05, 3.63) is 18.1 Å². The molecule has 102 valence electrons.